The summed E-state index contributed by atoms with van der Waals surface area (Å²) in [6.07, 6.45) is 1.28. The van der Waals surface area contributed by atoms with E-state index in [4.69, 9.17) is 0 Å². The van der Waals surface area contributed by atoms with Crippen LogP contribution in [0.25, 0.3) is 0 Å². The highest BCUT2D eigenvalue weighted by Gasteiger charge is 2.21. The summed E-state index contributed by atoms with van der Waals surface area (Å²) in [5, 5.41) is 7.01. The highest BCUT2D eigenvalue weighted by molar-refractivity contribution is 4.81. The van der Waals surface area contributed by atoms with E-state index in [0.717, 1.165) is 19.6 Å². The summed E-state index contributed by atoms with van der Waals surface area (Å²) in [4.78, 5) is 2.26. The average molecular weight is 199 g/mol. The lowest BCUT2D eigenvalue weighted by Crippen LogP contribution is -2.42. The molecule has 1 aliphatic heterocycles. The summed E-state index contributed by atoms with van der Waals surface area (Å²) < 4.78 is 0. The Morgan fingerprint density at radius 2 is 2.14 bits per heavy atom. The predicted octanol–water partition coefficient (Wildman–Crippen LogP) is 0.526. The van der Waals surface area contributed by atoms with Crippen LogP contribution in [-0.2, 0) is 0 Å². The maximum atomic E-state index is 3.64. The van der Waals surface area contributed by atoms with Gasteiger partial charge in [-0.15, -0.1) is 0 Å². The Bertz CT molecular complexity index is 160. The summed E-state index contributed by atoms with van der Waals surface area (Å²) in [6, 6.07) is 0.691. The molecule has 3 heteroatoms. The zero-order chi connectivity index (χ0) is 10.6. The number of nitrogens with one attached hydrogen (secondary N) is 2. The van der Waals surface area contributed by atoms with Gasteiger partial charge in [0.25, 0.3) is 0 Å². The Hall–Kier alpha value is -0.120. The van der Waals surface area contributed by atoms with Crippen LogP contribution >= 0.6 is 0 Å². The van der Waals surface area contributed by atoms with Gasteiger partial charge in [-0.1, -0.05) is 13.8 Å². The van der Waals surface area contributed by atoms with E-state index in [9.17, 15) is 0 Å². The van der Waals surface area contributed by atoms with Crippen molar-refractivity contribution in [2.75, 3.05) is 40.3 Å². The van der Waals surface area contributed by atoms with Crippen molar-refractivity contribution in [3.05, 3.63) is 0 Å². The molecule has 3 nitrogen and oxygen atoms in total. The molecule has 0 bridgehead atoms. The van der Waals surface area contributed by atoms with Crippen molar-refractivity contribution in [3.8, 4) is 0 Å². The minimum absolute atomic E-state index is 0.367. The van der Waals surface area contributed by atoms with E-state index in [1.54, 1.807) is 0 Å². The van der Waals surface area contributed by atoms with E-state index in [0.29, 0.717) is 11.5 Å². The number of rotatable bonds is 5. The van der Waals surface area contributed by atoms with E-state index in [1.807, 2.05) is 0 Å². The Morgan fingerprint density at radius 1 is 1.43 bits per heavy atom. The van der Waals surface area contributed by atoms with Crippen LogP contribution in [0.3, 0.4) is 0 Å². The first-order valence-electron chi connectivity index (χ1n) is 5.58. The lowest BCUT2D eigenvalue weighted by molar-refractivity contribution is 0.226. The van der Waals surface area contributed by atoms with E-state index in [-0.39, 0.29) is 0 Å². The first kappa shape index (κ1) is 12.0. The van der Waals surface area contributed by atoms with Crippen LogP contribution in [-0.4, -0.2) is 51.2 Å². The van der Waals surface area contributed by atoms with Crippen molar-refractivity contribution < 1.29 is 0 Å². The SMILES string of the molecule is CN(C)CC(C)(C)CNC1CCNC1. The van der Waals surface area contributed by atoms with Crippen LogP contribution in [0.5, 0.6) is 0 Å². The fourth-order valence-corrected chi connectivity index (χ4v) is 2.16. The molecule has 0 saturated carbocycles. The summed E-state index contributed by atoms with van der Waals surface area (Å²) in [6.45, 7) is 9.20. The van der Waals surface area contributed by atoms with Crippen molar-refractivity contribution in [1.82, 2.24) is 15.5 Å². The quantitative estimate of drug-likeness (QED) is 0.676. The molecule has 2 N–H and O–H groups in total. The van der Waals surface area contributed by atoms with E-state index in [1.165, 1.54) is 13.0 Å². The fourth-order valence-electron chi connectivity index (χ4n) is 2.16. The maximum Gasteiger partial charge on any atom is 0.0204 e. The third-order valence-electron chi connectivity index (χ3n) is 2.67. The van der Waals surface area contributed by atoms with Crippen LogP contribution in [0.1, 0.15) is 20.3 Å². The maximum absolute atomic E-state index is 3.64. The highest BCUT2D eigenvalue weighted by Crippen LogP contribution is 2.15. The second-order valence-corrected chi connectivity index (χ2v) is 5.47. The molecule has 84 valence electrons. The van der Waals surface area contributed by atoms with Crippen LogP contribution < -0.4 is 10.6 Å². The molecule has 0 aromatic heterocycles. The predicted molar refractivity (Wildman–Crippen MR) is 61.6 cm³/mol. The second kappa shape index (κ2) is 5.10. The molecule has 1 atom stereocenters. The van der Waals surface area contributed by atoms with Gasteiger partial charge in [0.05, 0.1) is 0 Å². The van der Waals surface area contributed by atoms with Gasteiger partial charge in [-0.25, -0.2) is 0 Å². The lowest BCUT2D eigenvalue weighted by Gasteiger charge is -2.29. The van der Waals surface area contributed by atoms with Gasteiger partial charge in [-0.05, 0) is 32.5 Å². The molecular formula is C11H25N3. The zero-order valence-electron chi connectivity index (χ0n) is 10.1. The van der Waals surface area contributed by atoms with Gasteiger partial charge in [0.15, 0.2) is 0 Å². The van der Waals surface area contributed by atoms with Crippen molar-refractivity contribution in [2.45, 2.75) is 26.3 Å². The monoisotopic (exact) mass is 199 g/mol. The van der Waals surface area contributed by atoms with Gasteiger partial charge in [-0.3, -0.25) is 0 Å². The first-order valence-corrected chi connectivity index (χ1v) is 5.58. The van der Waals surface area contributed by atoms with Gasteiger partial charge in [0.1, 0.15) is 0 Å². The molecule has 0 spiro atoms. The molecular weight excluding hydrogens is 174 g/mol. The molecule has 0 aromatic carbocycles. The van der Waals surface area contributed by atoms with Crippen LogP contribution in [0, 0.1) is 5.41 Å². The first-order chi connectivity index (χ1) is 6.49. The largest absolute Gasteiger partial charge is 0.315 e. The van der Waals surface area contributed by atoms with Gasteiger partial charge < -0.3 is 15.5 Å². The topological polar surface area (TPSA) is 27.3 Å². The van der Waals surface area contributed by atoms with Gasteiger partial charge in [0, 0.05) is 25.7 Å². The molecule has 1 aliphatic rings. The Kier molecular flexibility index (Phi) is 4.35. The molecule has 0 aliphatic carbocycles. The fraction of sp³-hybridized carbons (Fsp3) is 1.00. The summed E-state index contributed by atoms with van der Waals surface area (Å²) in [5.41, 5.74) is 0.367. The zero-order valence-corrected chi connectivity index (χ0v) is 10.1. The highest BCUT2D eigenvalue weighted by atomic mass is 15.1. The van der Waals surface area contributed by atoms with Crippen molar-refractivity contribution in [3.63, 3.8) is 0 Å². The molecule has 1 fully saturated rings. The number of hydrogen-bond acceptors (Lipinski definition) is 3. The van der Waals surface area contributed by atoms with E-state index in [2.05, 4.69) is 43.5 Å². The lowest BCUT2D eigenvalue weighted by atomic mass is 9.92. The standard InChI is InChI=1S/C11H25N3/c1-11(2,9-14(3)4)8-13-10-5-6-12-7-10/h10,12-13H,5-9H2,1-4H3. The third-order valence-corrected chi connectivity index (χ3v) is 2.67. The third kappa shape index (κ3) is 4.40. The minimum atomic E-state index is 0.367. The van der Waals surface area contributed by atoms with Gasteiger partial charge in [0.2, 0.25) is 0 Å². The summed E-state index contributed by atoms with van der Waals surface area (Å²) in [7, 11) is 4.28. The molecule has 14 heavy (non-hydrogen) atoms. The van der Waals surface area contributed by atoms with Crippen LogP contribution in [0.2, 0.25) is 0 Å². The molecule has 1 unspecified atom stereocenters. The molecule has 1 rings (SSSR count). The molecule has 0 amide bonds. The Labute approximate surface area is 88.2 Å². The second-order valence-electron chi connectivity index (χ2n) is 5.47. The smallest absolute Gasteiger partial charge is 0.0204 e. The average Bonchev–Trinajstić information content (AvgIpc) is 2.50. The molecule has 0 aromatic rings. The number of nitrogens with zero attached hydrogens (tertiary/aromatic N) is 1. The summed E-state index contributed by atoms with van der Waals surface area (Å²) >= 11 is 0. The molecule has 1 saturated heterocycles. The van der Waals surface area contributed by atoms with Gasteiger partial charge in [-0.2, -0.15) is 0 Å². The van der Waals surface area contributed by atoms with Crippen molar-refractivity contribution in [1.29, 1.82) is 0 Å². The normalized spacial score (nSPS) is 23.4. The molecule has 0 radical (unpaired) electrons. The van der Waals surface area contributed by atoms with Crippen molar-refractivity contribution >= 4 is 0 Å². The van der Waals surface area contributed by atoms with E-state index >= 15 is 0 Å². The Balaban J connectivity index is 2.20. The van der Waals surface area contributed by atoms with Crippen molar-refractivity contribution in [2.24, 2.45) is 5.41 Å². The summed E-state index contributed by atoms with van der Waals surface area (Å²) in [5.74, 6) is 0. The molecule has 1 heterocycles. The number of hydrogen-bond donors (Lipinski definition) is 2. The van der Waals surface area contributed by atoms with Gasteiger partial charge >= 0.3 is 0 Å². The van der Waals surface area contributed by atoms with Crippen LogP contribution in [0.4, 0.5) is 0 Å². The van der Waals surface area contributed by atoms with Crippen LogP contribution in [0.15, 0.2) is 0 Å². The van der Waals surface area contributed by atoms with E-state index < -0.39 is 0 Å². The minimum Gasteiger partial charge on any atom is -0.315 e. The Morgan fingerprint density at radius 3 is 2.64 bits per heavy atom.